The predicted molar refractivity (Wildman–Crippen MR) is 71.6 cm³/mol. The molecule has 1 atom stereocenters. The molecular weight excluding hydrogens is 228 g/mol. The number of carbonyl (C=O) groups excluding carboxylic acids is 1. The normalized spacial score (nSPS) is 20.7. The third kappa shape index (κ3) is 3.10. The summed E-state index contributed by atoms with van der Waals surface area (Å²) in [5.74, 6) is 0.624. The van der Waals surface area contributed by atoms with Crippen LogP contribution in [-0.2, 0) is 10.2 Å². The third-order valence-electron chi connectivity index (χ3n) is 3.26. The Balaban J connectivity index is 1.96. The van der Waals surface area contributed by atoms with Gasteiger partial charge in [-0.25, -0.2) is 0 Å². The summed E-state index contributed by atoms with van der Waals surface area (Å²) >= 11 is 0. The molecule has 0 aromatic carbocycles. The first kappa shape index (κ1) is 13.1. The van der Waals surface area contributed by atoms with Crippen LogP contribution in [0.5, 0.6) is 0 Å². The Morgan fingerprint density at radius 3 is 2.78 bits per heavy atom. The van der Waals surface area contributed by atoms with Crippen LogP contribution < -0.4 is 10.6 Å². The van der Waals surface area contributed by atoms with Gasteiger partial charge in [-0.3, -0.25) is 9.89 Å². The van der Waals surface area contributed by atoms with Crippen molar-refractivity contribution in [2.75, 3.05) is 11.9 Å². The first-order valence-electron chi connectivity index (χ1n) is 6.57. The third-order valence-corrected chi connectivity index (χ3v) is 3.26. The molecule has 1 amide bonds. The number of hydrogen-bond donors (Lipinski definition) is 3. The summed E-state index contributed by atoms with van der Waals surface area (Å²) in [6, 6.07) is 1.83. The molecule has 0 radical (unpaired) electrons. The number of aromatic nitrogens is 2. The van der Waals surface area contributed by atoms with E-state index in [0.29, 0.717) is 5.82 Å². The van der Waals surface area contributed by atoms with Crippen LogP contribution in [0.2, 0.25) is 0 Å². The van der Waals surface area contributed by atoms with Crippen LogP contribution in [0.1, 0.15) is 45.7 Å². The largest absolute Gasteiger partial charge is 0.308 e. The molecule has 100 valence electrons. The van der Waals surface area contributed by atoms with Crippen molar-refractivity contribution >= 4 is 11.7 Å². The summed E-state index contributed by atoms with van der Waals surface area (Å²) in [7, 11) is 0. The van der Waals surface area contributed by atoms with Gasteiger partial charge in [-0.1, -0.05) is 27.2 Å². The molecule has 2 rings (SSSR count). The summed E-state index contributed by atoms with van der Waals surface area (Å²) in [6.45, 7) is 7.24. The lowest BCUT2D eigenvalue weighted by Crippen LogP contribution is -2.43. The van der Waals surface area contributed by atoms with Crippen molar-refractivity contribution < 1.29 is 4.79 Å². The second-order valence-electron chi connectivity index (χ2n) is 5.91. The highest BCUT2D eigenvalue weighted by atomic mass is 16.2. The van der Waals surface area contributed by atoms with Gasteiger partial charge < -0.3 is 10.6 Å². The van der Waals surface area contributed by atoms with Crippen molar-refractivity contribution in [3.63, 3.8) is 0 Å². The van der Waals surface area contributed by atoms with Gasteiger partial charge in [-0.05, 0) is 19.4 Å². The molecule has 2 heterocycles. The fraction of sp³-hybridized carbons (Fsp3) is 0.692. The van der Waals surface area contributed by atoms with Crippen LogP contribution in [0.15, 0.2) is 6.07 Å². The Bertz CT molecular complexity index is 413. The molecule has 0 spiro atoms. The van der Waals surface area contributed by atoms with Crippen molar-refractivity contribution in [2.45, 2.75) is 51.5 Å². The zero-order chi connectivity index (χ0) is 13.2. The highest BCUT2D eigenvalue weighted by molar-refractivity contribution is 5.94. The Morgan fingerprint density at radius 2 is 2.22 bits per heavy atom. The fourth-order valence-corrected chi connectivity index (χ4v) is 2.06. The minimum absolute atomic E-state index is 0.0130. The summed E-state index contributed by atoms with van der Waals surface area (Å²) in [5.41, 5.74) is 1.04. The van der Waals surface area contributed by atoms with Gasteiger partial charge in [-0.2, -0.15) is 5.10 Å². The number of hydrogen-bond acceptors (Lipinski definition) is 3. The average molecular weight is 250 g/mol. The molecule has 18 heavy (non-hydrogen) atoms. The predicted octanol–water partition coefficient (Wildman–Crippen LogP) is 1.79. The van der Waals surface area contributed by atoms with Crippen LogP contribution in [0.4, 0.5) is 5.82 Å². The zero-order valence-electron chi connectivity index (χ0n) is 11.3. The van der Waals surface area contributed by atoms with Gasteiger partial charge >= 0.3 is 0 Å². The summed E-state index contributed by atoms with van der Waals surface area (Å²) in [4.78, 5) is 12.0. The van der Waals surface area contributed by atoms with Gasteiger partial charge in [-0.15, -0.1) is 0 Å². The molecule has 1 aliphatic heterocycles. The number of amides is 1. The number of nitrogens with one attached hydrogen (secondary N) is 3. The van der Waals surface area contributed by atoms with Crippen molar-refractivity contribution in [1.82, 2.24) is 15.5 Å². The van der Waals surface area contributed by atoms with Gasteiger partial charge in [0.2, 0.25) is 5.91 Å². The van der Waals surface area contributed by atoms with Crippen LogP contribution in [-0.4, -0.2) is 28.7 Å². The van der Waals surface area contributed by atoms with Crippen molar-refractivity contribution in [3.05, 3.63) is 11.8 Å². The van der Waals surface area contributed by atoms with Crippen LogP contribution in [0.25, 0.3) is 0 Å². The van der Waals surface area contributed by atoms with E-state index in [4.69, 9.17) is 0 Å². The van der Waals surface area contributed by atoms with Crippen molar-refractivity contribution in [3.8, 4) is 0 Å². The van der Waals surface area contributed by atoms with Gasteiger partial charge in [0, 0.05) is 17.2 Å². The molecule has 5 nitrogen and oxygen atoms in total. The molecule has 1 aliphatic rings. The summed E-state index contributed by atoms with van der Waals surface area (Å²) < 4.78 is 0. The topological polar surface area (TPSA) is 69.8 Å². The van der Waals surface area contributed by atoms with Crippen molar-refractivity contribution in [1.29, 1.82) is 0 Å². The Morgan fingerprint density at radius 1 is 1.44 bits per heavy atom. The van der Waals surface area contributed by atoms with Crippen LogP contribution >= 0.6 is 0 Å². The average Bonchev–Trinajstić information content (AvgIpc) is 2.78. The van der Waals surface area contributed by atoms with Crippen LogP contribution in [0.3, 0.4) is 0 Å². The van der Waals surface area contributed by atoms with E-state index in [-0.39, 0.29) is 17.4 Å². The molecule has 5 heteroatoms. The van der Waals surface area contributed by atoms with E-state index in [2.05, 4.69) is 41.6 Å². The lowest BCUT2D eigenvalue weighted by atomic mass is 9.92. The van der Waals surface area contributed by atoms with Gasteiger partial charge in [0.05, 0.1) is 6.04 Å². The molecule has 1 fully saturated rings. The molecule has 3 N–H and O–H groups in total. The maximum atomic E-state index is 12.0. The standard InChI is InChI=1S/C13H22N4O/c1-13(2,3)10-8-11(17-16-10)15-12(18)9-6-4-5-7-14-9/h8-9,14H,4-7H2,1-3H3,(H2,15,16,17,18)/t9-/m1/s1. The van der Waals surface area contributed by atoms with E-state index in [9.17, 15) is 4.79 Å². The number of nitrogens with zero attached hydrogens (tertiary/aromatic N) is 1. The van der Waals surface area contributed by atoms with E-state index in [1.54, 1.807) is 0 Å². The molecule has 0 bridgehead atoms. The van der Waals surface area contributed by atoms with E-state index in [1.165, 1.54) is 0 Å². The minimum Gasteiger partial charge on any atom is -0.308 e. The lowest BCUT2D eigenvalue weighted by molar-refractivity contribution is -0.118. The van der Waals surface area contributed by atoms with Crippen LogP contribution in [0, 0.1) is 0 Å². The molecule has 1 aromatic heterocycles. The second kappa shape index (κ2) is 5.10. The Labute approximate surface area is 108 Å². The molecular formula is C13H22N4O. The van der Waals surface area contributed by atoms with E-state index in [1.807, 2.05) is 6.07 Å². The van der Waals surface area contributed by atoms with Gasteiger partial charge in [0.25, 0.3) is 0 Å². The van der Waals surface area contributed by atoms with Gasteiger partial charge in [0.1, 0.15) is 0 Å². The Kier molecular flexibility index (Phi) is 3.71. The molecule has 0 aliphatic carbocycles. The summed E-state index contributed by atoms with van der Waals surface area (Å²) in [5, 5.41) is 13.2. The summed E-state index contributed by atoms with van der Waals surface area (Å²) in [6.07, 6.45) is 3.17. The highest BCUT2D eigenvalue weighted by Crippen LogP contribution is 2.22. The van der Waals surface area contributed by atoms with E-state index >= 15 is 0 Å². The second-order valence-corrected chi connectivity index (χ2v) is 5.91. The molecule has 0 saturated carbocycles. The maximum Gasteiger partial charge on any atom is 0.242 e. The van der Waals surface area contributed by atoms with Crippen molar-refractivity contribution in [2.24, 2.45) is 0 Å². The number of carbonyl (C=O) groups is 1. The van der Waals surface area contributed by atoms with E-state index < -0.39 is 0 Å². The number of H-pyrrole nitrogens is 1. The molecule has 1 saturated heterocycles. The maximum absolute atomic E-state index is 12.0. The number of anilines is 1. The minimum atomic E-state index is -0.0754. The quantitative estimate of drug-likeness (QED) is 0.749. The number of piperidine rings is 1. The van der Waals surface area contributed by atoms with Gasteiger partial charge in [0.15, 0.2) is 5.82 Å². The smallest absolute Gasteiger partial charge is 0.242 e. The lowest BCUT2D eigenvalue weighted by Gasteiger charge is -2.21. The molecule has 1 aromatic rings. The van der Waals surface area contributed by atoms with E-state index in [0.717, 1.165) is 31.5 Å². The zero-order valence-corrected chi connectivity index (χ0v) is 11.3. The molecule has 0 unspecified atom stereocenters. The SMILES string of the molecule is CC(C)(C)c1cc(NC(=O)[C@H]2CCCCN2)n[nH]1. The highest BCUT2D eigenvalue weighted by Gasteiger charge is 2.22. The monoisotopic (exact) mass is 250 g/mol. The number of rotatable bonds is 2. The first-order chi connectivity index (χ1) is 8.47. The Hall–Kier alpha value is -1.36. The first-order valence-corrected chi connectivity index (χ1v) is 6.57. The number of aromatic amines is 1. The fourth-order valence-electron chi connectivity index (χ4n) is 2.06.